The minimum atomic E-state index is -3.67. The van der Waals surface area contributed by atoms with E-state index in [0.717, 1.165) is 18.4 Å². The largest absolute Gasteiger partial charge is 0.493 e. The number of halogens is 1. The number of piperidine rings is 1. The molecule has 7 nitrogen and oxygen atoms in total. The van der Waals surface area contributed by atoms with Crippen molar-refractivity contribution in [3.05, 3.63) is 52.5 Å². The summed E-state index contributed by atoms with van der Waals surface area (Å²) in [6, 6.07) is 9.84. The van der Waals surface area contributed by atoms with Crippen LogP contribution in [0.4, 0.5) is 0 Å². The molecular weight excluding hydrogens is 452 g/mol. The van der Waals surface area contributed by atoms with Crippen LogP contribution in [0.5, 0.6) is 11.5 Å². The van der Waals surface area contributed by atoms with Gasteiger partial charge in [-0.05, 0) is 61.1 Å². The molecule has 1 N–H and O–H groups in total. The van der Waals surface area contributed by atoms with Crippen molar-refractivity contribution >= 4 is 27.5 Å². The first-order valence-corrected chi connectivity index (χ1v) is 12.4. The fourth-order valence-corrected chi connectivity index (χ4v) is 5.36. The lowest BCUT2D eigenvalue weighted by Crippen LogP contribution is -2.38. The molecule has 1 fully saturated rings. The Kier molecular flexibility index (Phi) is 8.03. The second-order valence-corrected chi connectivity index (χ2v) is 10.3. The van der Waals surface area contributed by atoms with E-state index in [1.807, 2.05) is 18.2 Å². The zero-order valence-electron chi connectivity index (χ0n) is 18.6. The summed E-state index contributed by atoms with van der Waals surface area (Å²) in [7, 11) is -0.530. The molecule has 1 aliphatic heterocycles. The van der Waals surface area contributed by atoms with Crippen LogP contribution in [0, 0.1) is 5.92 Å². The molecule has 0 aromatic heterocycles. The number of carbonyl (C=O) groups is 1. The van der Waals surface area contributed by atoms with Crippen molar-refractivity contribution in [2.24, 2.45) is 5.92 Å². The fraction of sp³-hybridized carbons (Fsp3) is 0.435. The number of rotatable bonds is 8. The second-order valence-electron chi connectivity index (χ2n) is 7.92. The van der Waals surface area contributed by atoms with Gasteiger partial charge in [-0.1, -0.05) is 24.6 Å². The first-order valence-electron chi connectivity index (χ1n) is 10.5. The lowest BCUT2D eigenvalue weighted by Gasteiger charge is -2.29. The third kappa shape index (κ3) is 5.54. The van der Waals surface area contributed by atoms with Crippen molar-refractivity contribution in [2.45, 2.75) is 31.1 Å². The summed E-state index contributed by atoms with van der Waals surface area (Å²) in [5.41, 5.74) is 1.11. The first kappa shape index (κ1) is 24.4. The molecule has 0 bridgehead atoms. The number of carbonyl (C=O) groups excluding carboxylic acids is 1. The van der Waals surface area contributed by atoms with Gasteiger partial charge in [-0.3, -0.25) is 4.79 Å². The summed E-state index contributed by atoms with van der Waals surface area (Å²) < 4.78 is 38.1. The average molecular weight is 481 g/mol. The summed E-state index contributed by atoms with van der Waals surface area (Å²) in [6.07, 6.45) is 2.22. The van der Waals surface area contributed by atoms with E-state index in [4.69, 9.17) is 21.1 Å². The van der Waals surface area contributed by atoms with Crippen molar-refractivity contribution in [3.63, 3.8) is 0 Å². The molecule has 1 heterocycles. The van der Waals surface area contributed by atoms with Crippen LogP contribution in [-0.2, 0) is 16.4 Å². The molecule has 0 aliphatic carbocycles. The first-order chi connectivity index (χ1) is 15.3. The topological polar surface area (TPSA) is 84.9 Å². The smallest absolute Gasteiger partial charge is 0.252 e. The third-order valence-corrected chi connectivity index (χ3v) is 7.93. The number of ether oxygens (including phenoxy) is 2. The second kappa shape index (κ2) is 10.6. The molecule has 1 amide bonds. The van der Waals surface area contributed by atoms with Gasteiger partial charge < -0.3 is 14.8 Å². The summed E-state index contributed by atoms with van der Waals surface area (Å²) in [6.45, 7) is 3.44. The molecule has 174 valence electrons. The maximum atomic E-state index is 13.0. The number of hydrogen-bond donors (Lipinski definition) is 1. The van der Waals surface area contributed by atoms with Gasteiger partial charge in [0.1, 0.15) is 0 Å². The number of benzene rings is 2. The number of nitrogens with zero attached hydrogens (tertiary/aromatic N) is 1. The van der Waals surface area contributed by atoms with Crippen molar-refractivity contribution in [3.8, 4) is 11.5 Å². The molecule has 0 saturated carbocycles. The van der Waals surface area contributed by atoms with Crippen molar-refractivity contribution in [2.75, 3.05) is 33.9 Å². The Hall–Kier alpha value is -2.29. The summed E-state index contributed by atoms with van der Waals surface area (Å²) in [4.78, 5) is 12.8. The number of sulfonamides is 1. The highest BCUT2D eigenvalue weighted by molar-refractivity contribution is 7.89. The highest BCUT2D eigenvalue weighted by Gasteiger charge is 2.29. The van der Waals surface area contributed by atoms with Gasteiger partial charge in [0.25, 0.3) is 5.91 Å². The standard InChI is InChI=1S/C23H29ClN2O5S/c1-16-9-12-26(13-10-16)32(28,29)18-5-6-20(24)19(15-18)23(27)25-11-8-17-4-7-21(30-2)22(14-17)31-3/h4-7,14-16H,8-13H2,1-3H3,(H,25,27). The van der Waals surface area contributed by atoms with Crippen LogP contribution in [0.25, 0.3) is 0 Å². The SMILES string of the molecule is COc1ccc(CCNC(=O)c2cc(S(=O)(=O)N3CCC(C)CC3)ccc2Cl)cc1OC. The number of nitrogens with one attached hydrogen (secondary N) is 1. The van der Waals surface area contributed by atoms with Crippen LogP contribution in [0.2, 0.25) is 5.02 Å². The summed E-state index contributed by atoms with van der Waals surface area (Å²) in [5, 5.41) is 3.02. The average Bonchev–Trinajstić information content (AvgIpc) is 2.79. The van der Waals surface area contributed by atoms with Crippen LogP contribution in [0.1, 0.15) is 35.7 Å². The Balaban J connectivity index is 1.68. The number of methoxy groups -OCH3 is 2. The van der Waals surface area contributed by atoms with E-state index in [-0.39, 0.29) is 15.5 Å². The predicted octanol–water partition coefficient (Wildman–Crippen LogP) is 3.75. The maximum absolute atomic E-state index is 13.0. The predicted molar refractivity (Wildman–Crippen MR) is 124 cm³/mol. The molecule has 9 heteroatoms. The van der Waals surface area contributed by atoms with Gasteiger partial charge in [-0.25, -0.2) is 8.42 Å². The van der Waals surface area contributed by atoms with Crippen LogP contribution in [-0.4, -0.2) is 52.5 Å². The van der Waals surface area contributed by atoms with Crippen LogP contribution >= 0.6 is 11.6 Å². The van der Waals surface area contributed by atoms with E-state index in [9.17, 15) is 13.2 Å². The van der Waals surface area contributed by atoms with Gasteiger partial charge in [0, 0.05) is 19.6 Å². The Morgan fingerprint density at radius 2 is 1.78 bits per heavy atom. The van der Waals surface area contributed by atoms with Crippen molar-refractivity contribution < 1.29 is 22.7 Å². The molecular formula is C23H29ClN2O5S. The molecule has 3 rings (SSSR count). The highest BCUT2D eigenvalue weighted by atomic mass is 35.5. The maximum Gasteiger partial charge on any atom is 0.252 e. The molecule has 32 heavy (non-hydrogen) atoms. The fourth-order valence-electron chi connectivity index (χ4n) is 3.66. The van der Waals surface area contributed by atoms with Crippen molar-refractivity contribution in [1.82, 2.24) is 9.62 Å². The van der Waals surface area contributed by atoms with Gasteiger partial charge in [0.2, 0.25) is 10.0 Å². The third-order valence-electron chi connectivity index (χ3n) is 5.71. The molecule has 1 saturated heterocycles. The lowest BCUT2D eigenvalue weighted by molar-refractivity contribution is 0.0954. The molecule has 0 radical (unpaired) electrons. The normalized spacial score (nSPS) is 15.4. The van der Waals surface area contributed by atoms with Gasteiger partial charge in [0.15, 0.2) is 11.5 Å². The number of hydrogen-bond acceptors (Lipinski definition) is 5. The molecule has 2 aromatic carbocycles. The van der Waals surface area contributed by atoms with E-state index in [0.29, 0.717) is 43.5 Å². The lowest BCUT2D eigenvalue weighted by atomic mass is 10.0. The van der Waals surface area contributed by atoms with E-state index in [1.54, 1.807) is 14.2 Å². The Labute approximate surface area is 194 Å². The molecule has 0 spiro atoms. The van der Waals surface area contributed by atoms with Gasteiger partial charge in [-0.2, -0.15) is 4.31 Å². The van der Waals surface area contributed by atoms with Crippen LogP contribution in [0.15, 0.2) is 41.3 Å². The zero-order valence-corrected chi connectivity index (χ0v) is 20.1. The quantitative estimate of drug-likeness (QED) is 0.622. The van der Waals surface area contributed by atoms with Crippen molar-refractivity contribution in [1.29, 1.82) is 0 Å². The summed E-state index contributed by atoms with van der Waals surface area (Å²) >= 11 is 6.22. The molecule has 1 aliphatic rings. The summed E-state index contributed by atoms with van der Waals surface area (Å²) in [5.74, 6) is 1.34. The highest BCUT2D eigenvalue weighted by Crippen LogP contribution is 2.28. The Bertz CT molecular complexity index is 1070. The monoisotopic (exact) mass is 480 g/mol. The molecule has 0 atom stereocenters. The molecule has 2 aromatic rings. The van der Waals surface area contributed by atoms with Gasteiger partial charge in [-0.15, -0.1) is 0 Å². The van der Waals surface area contributed by atoms with E-state index in [1.165, 1.54) is 22.5 Å². The zero-order chi connectivity index (χ0) is 23.3. The van der Waals surface area contributed by atoms with E-state index >= 15 is 0 Å². The minimum absolute atomic E-state index is 0.0847. The van der Waals surface area contributed by atoms with E-state index < -0.39 is 15.9 Å². The van der Waals surface area contributed by atoms with E-state index in [2.05, 4.69) is 12.2 Å². The molecule has 0 unspecified atom stereocenters. The van der Waals surface area contributed by atoms with Gasteiger partial charge >= 0.3 is 0 Å². The van der Waals surface area contributed by atoms with Gasteiger partial charge in [0.05, 0.1) is 29.7 Å². The Morgan fingerprint density at radius 1 is 1.09 bits per heavy atom. The van der Waals surface area contributed by atoms with Crippen LogP contribution < -0.4 is 14.8 Å². The Morgan fingerprint density at radius 3 is 2.44 bits per heavy atom. The number of amides is 1. The minimum Gasteiger partial charge on any atom is -0.493 e. The van der Waals surface area contributed by atoms with Crippen LogP contribution in [0.3, 0.4) is 0 Å².